The zero-order valence-corrected chi connectivity index (χ0v) is 16.6. The van der Waals surface area contributed by atoms with E-state index in [-0.39, 0.29) is 18.3 Å². The van der Waals surface area contributed by atoms with Gasteiger partial charge < -0.3 is 14.2 Å². The van der Waals surface area contributed by atoms with Crippen LogP contribution < -0.4 is 10.1 Å². The van der Waals surface area contributed by atoms with Gasteiger partial charge in [0.15, 0.2) is 5.13 Å². The highest BCUT2D eigenvalue weighted by molar-refractivity contribution is 7.22. The molecule has 2 aromatic carbocycles. The first-order chi connectivity index (χ1) is 14.0. The summed E-state index contributed by atoms with van der Waals surface area (Å²) in [7, 11) is 0. The van der Waals surface area contributed by atoms with Crippen molar-refractivity contribution in [3.63, 3.8) is 0 Å². The number of nitrogens with zero attached hydrogens (tertiary/aromatic N) is 1. The SMILES string of the molecule is CCOC(=O)Oc1ccc(C(=O)Nc2nc3ccc(C(=O)OCC)cc3s2)cc1. The maximum Gasteiger partial charge on any atom is 0.513 e. The number of esters is 1. The van der Waals surface area contributed by atoms with Gasteiger partial charge in [-0.05, 0) is 56.3 Å². The largest absolute Gasteiger partial charge is 0.513 e. The molecule has 0 saturated heterocycles. The van der Waals surface area contributed by atoms with Gasteiger partial charge in [0.25, 0.3) is 5.91 Å². The summed E-state index contributed by atoms with van der Waals surface area (Å²) in [5.41, 5.74) is 1.46. The van der Waals surface area contributed by atoms with Crippen LogP contribution in [-0.2, 0) is 9.47 Å². The molecule has 1 heterocycles. The number of hydrogen-bond donors (Lipinski definition) is 1. The molecule has 3 aromatic rings. The van der Waals surface area contributed by atoms with Crippen molar-refractivity contribution in [1.82, 2.24) is 4.98 Å². The van der Waals surface area contributed by atoms with Gasteiger partial charge >= 0.3 is 12.1 Å². The Morgan fingerprint density at radius 3 is 2.34 bits per heavy atom. The molecule has 1 amide bonds. The smallest absolute Gasteiger partial charge is 0.462 e. The van der Waals surface area contributed by atoms with Crippen molar-refractivity contribution >= 4 is 44.7 Å². The van der Waals surface area contributed by atoms with E-state index in [0.29, 0.717) is 28.4 Å². The Bertz CT molecular complexity index is 1040. The number of amides is 1. The predicted octanol–water partition coefficient (Wildman–Crippen LogP) is 4.26. The zero-order chi connectivity index (χ0) is 20.8. The second-order valence-electron chi connectivity index (χ2n) is 5.69. The molecule has 0 fully saturated rings. The number of fused-ring (bicyclic) bond motifs is 1. The monoisotopic (exact) mass is 414 g/mol. The van der Waals surface area contributed by atoms with E-state index in [1.807, 2.05) is 0 Å². The van der Waals surface area contributed by atoms with Crippen LogP contribution in [0.4, 0.5) is 9.93 Å². The Morgan fingerprint density at radius 1 is 0.966 bits per heavy atom. The second-order valence-corrected chi connectivity index (χ2v) is 6.72. The van der Waals surface area contributed by atoms with Crippen molar-refractivity contribution in [3.8, 4) is 5.75 Å². The summed E-state index contributed by atoms with van der Waals surface area (Å²) in [6.45, 7) is 3.92. The number of aromatic nitrogens is 1. The molecule has 0 atom stereocenters. The molecule has 0 unspecified atom stereocenters. The molecule has 1 N–H and O–H groups in total. The number of ether oxygens (including phenoxy) is 3. The number of carbonyl (C=O) groups is 3. The lowest BCUT2D eigenvalue weighted by Crippen LogP contribution is -2.12. The zero-order valence-electron chi connectivity index (χ0n) is 15.8. The van der Waals surface area contributed by atoms with E-state index in [1.54, 1.807) is 32.0 Å². The Labute approximate surface area is 170 Å². The van der Waals surface area contributed by atoms with Gasteiger partial charge in [-0.15, -0.1) is 0 Å². The summed E-state index contributed by atoms with van der Waals surface area (Å²) in [6, 6.07) is 11.1. The molecule has 0 bridgehead atoms. The van der Waals surface area contributed by atoms with Gasteiger partial charge in [0.05, 0.1) is 29.0 Å². The number of benzene rings is 2. The second kappa shape index (κ2) is 9.16. The van der Waals surface area contributed by atoms with Crippen molar-refractivity contribution in [1.29, 1.82) is 0 Å². The number of nitrogens with one attached hydrogen (secondary N) is 1. The standard InChI is InChI=1S/C20H18N2O6S/c1-3-26-18(24)13-7-10-15-16(11-13)29-19(21-15)22-17(23)12-5-8-14(9-6-12)28-20(25)27-4-2/h5-11H,3-4H2,1-2H3,(H,21,22,23). The summed E-state index contributed by atoms with van der Waals surface area (Å²) >= 11 is 1.25. The van der Waals surface area contributed by atoms with Gasteiger partial charge in [-0.3, -0.25) is 10.1 Å². The van der Waals surface area contributed by atoms with E-state index in [4.69, 9.17) is 14.2 Å². The average molecular weight is 414 g/mol. The van der Waals surface area contributed by atoms with Crippen LogP contribution in [0.1, 0.15) is 34.6 Å². The van der Waals surface area contributed by atoms with Crippen molar-refractivity contribution in [2.75, 3.05) is 18.5 Å². The first-order valence-corrected chi connectivity index (χ1v) is 9.65. The first kappa shape index (κ1) is 20.3. The van der Waals surface area contributed by atoms with Crippen LogP contribution in [0.15, 0.2) is 42.5 Å². The molecule has 0 aliphatic carbocycles. The normalized spacial score (nSPS) is 10.4. The number of thiazole rings is 1. The summed E-state index contributed by atoms with van der Waals surface area (Å²) in [5.74, 6) is -0.498. The van der Waals surface area contributed by atoms with Crippen LogP contribution in [0.2, 0.25) is 0 Å². The van der Waals surface area contributed by atoms with Gasteiger partial charge in [0, 0.05) is 5.56 Å². The lowest BCUT2D eigenvalue weighted by molar-refractivity contribution is 0.0526. The van der Waals surface area contributed by atoms with Crippen LogP contribution in [0, 0.1) is 0 Å². The number of rotatable bonds is 6. The van der Waals surface area contributed by atoms with Gasteiger partial charge in [0.1, 0.15) is 5.75 Å². The molecule has 0 radical (unpaired) electrons. The molecule has 9 heteroatoms. The average Bonchev–Trinajstić information content (AvgIpc) is 3.10. The van der Waals surface area contributed by atoms with Crippen molar-refractivity contribution in [2.45, 2.75) is 13.8 Å². The number of anilines is 1. The van der Waals surface area contributed by atoms with E-state index in [0.717, 1.165) is 4.70 Å². The molecular formula is C20H18N2O6S. The maximum absolute atomic E-state index is 12.4. The number of hydrogen-bond acceptors (Lipinski definition) is 8. The van der Waals surface area contributed by atoms with Gasteiger partial charge in [0.2, 0.25) is 0 Å². The maximum atomic E-state index is 12.4. The van der Waals surface area contributed by atoms with E-state index < -0.39 is 12.1 Å². The van der Waals surface area contributed by atoms with Gasteiger partial charge in [-0.2, -0.15) is 0 Å². The Balaban J connectivity index is 1.69. The molecule has 29 heavy (non-hydrogen) atoms. The lowest BCUT2D eigenvalue weighted by atomic mass is 10.2. The molecule has 3 rings (SSSR count). The molecule has 8 nitrogen and oxygen atoms in total. The molecular weight excluding hydrogens is 396 g/mol. The number of carbonyl (C=O) groups excluding carboxylic acids is 3. The summed E-state index contributed by atoms with van der Waals surface area (Å²) in [6.07, 6.45) is -0.804. The highest BCUT2D eigenvalue weighted by Crippen LogP contribution is 2.27. The molecule has 1 aromatic heterocycles. The van der Waals surface area contributed by atoms with E-state index in [2.05, 4.69) is 10.3 Å². The fourth-order valence-corrected chi connectivity index (χ4v) is 3.31. The minimum absolute atomic E-state index is 0.211. The molecule has 0 saturated carbocycles. The predicted molar refractivity (Wildman–Crippen MR) is 108 cm³/mol. The van der Waals surface area contributed by atoms with Crippen LogP contribution in [-0.4, -0.2) is 36.2 Å². The van der Waals surface area contributed by atoms with Crippen LogP contribution in [0.25, 0.3) is 10.2 Å². The van der Waals surface area contributed by atoms with Crippen molar-refractivity contribution in [3.05, 3.63) is 53.6 Å². The molecule has 0 aliphatic heterocycles. The summed E-state index contributed by atoms with van der Waals surface area (Å²) < 4.78 is 15.4. The third kappa shape index (κ3) is 5.08. The highest BCUT2D eigenvalue weighted by atomic mass is 32.1. The van der Waals surface area contributed by atoms with E-state index in [1.165, 1.54) is 35.6 Å². The Kier molecular flexibility index (Phi) is 6.40. The minimum atomic E-state index is -0.804. The van der Waals surface area contributed by atoms with E-state index >= 15 is 0 Å². The first-order valence-electron chi connectivity index (χ1n) is 8.84. The molecule has 0 spiro atoms. The third-order valence-electron chi connectivity index (χ3n) is 3.70. The summed E-state index contributed by atoms with van der Waals surface area (Å²) in [5, 5.41) is 3.12. The quantitative estimate of drug-likeness (QED) is 0.475. The highest BCUT2D eigenvalue weighted by Gasteiger charge is 2.13. The lowest BCUT2D eigenvalue weighted by Gasteiger charge is -2.05. The fraction of sp³-hybridized carbons (Fsp3) is 0.200. The topological polar surface area (TPSA) is 104 Å². The summed E-state index contributed by atoms with van der Waals surface area (Å²) in [4.78, 5) is 39.9. The minimum Gasteiger partial charge on any atom is -0.462 e. The van der Waals surface area contributed by atoms with Crippen molar-refractivity contribution < 1.29 is 28.6 Å². The van der Waals surface area contributed by atoms with Gasteiger partial charge in [-0.25, -0.2) is 14.6 Å². The van der Waals surface area contributed by atoms with Crippen LogP contribution >= 0.6 is 11.3 Å². The van der Waals surface area contributed by atoms with Gasteiger partial charge in [-0.1, -0.05) is 11.3 Å². The Hall–Kier alpha value is -3.46. The molecule has 0 aliphatic rings. The third-order valence-corrected chi connectivity index (χ3v) is 4.63. The van der Waals surface area contributed by atoms with Crippen LogP contribution in [0.5, 0.6) is 5.75 Å². The Morgan fingerprint density at radius 2 is 1.66 bits per heavy atom. The van der Waals surface area contributed by atoms with Crippen molar-refractivity contribution in [2.24, 2.45) is 0 Å². The molecule has 150 valence electrons. The van der Waals surface area contributed by atoms with E-state index in [9.17, 15) is 14.4 Å². The van der Waals surface area contributed by atoms with Crippen LogP contribution in [0.3, 0.4) is 0 Å². The fourth-order valence-electron chi connectivity index (χ4n) is 2.41.